The molecule has 1 aromatic heterocycles. The van der Waals surface area contributed by atoms with Gasteiger partial charge >= 0.3 is 5.97 Å². The zero-order valence-electron chi connectivity index (χ0n) is 11.0. The third-order valence-electron chi connectivity index (χ3n) is 3.75. The minimum Gasteiger partial charge on any atom is -0.481 e. The average Bonchev–Trinajstić information content (AvgIpc) is 2.65. The van der Waals surface area contributed by atoms with Crippen molar-refractivity contribution in [2.24, 2.45) is 5.92 Å². The molecular weight excluding hydrogens is 262 g/mol. The number of thiophene rings is 1. The molecule has 1 aromatic rings. The summed E-state index contributed by atoms with van der Waals surface area (Å²) in [6.45, 7) is 1.90. The number of nitrogens with one attached hydrogen (secondary N) is 1. The average molecular weight is 281 g/mol. The van der Waals surface area contributed by atoms with E-state index in [9.17, 15) is 14.7 Å². The molecule has 1 aliphatic carbocycles. The number of aryl methyl sites for hydroxylation is 1. The van der Waals surface area contributed by atoms with Crippen LogP contribution in [0.1, 0.15) is 48.0 Å². The molecule has 1 aliphatic rings. The molecule has 0 radical (unpaired) electrons. The summed E-state index contributed by atoms with van der Waals surface area (Å²) in [7, 11) is 0. The fraction of sp³-hybridized carbons (Fsp3) is 0.571. The topological polar surface area (TPSA) is 66.4 Å². The highest BCUT2D eigenvalue weighted by Crippen LogP contribution is 2.24. The Kier molecular flexibility index (Phi) is 4.58. The Hall–Kier alpha value is -1.36. The largest absolute Gasteiger partial charge is 0.481 e. The SMILES string of the molecule is Cc1cscc1C(=O)N[C@@H]1CCCCC[C@@H]1C(=O)O. The quantitative estimate of drug-likeness (QED) is 0.837. The van der Waals surface area contributed by atoms with Crippen molar-refractivity contribution in [2.45, 2.75) is 45.1 Å². The lowest BCUT2D eigenvalue weighted by Crippen LogP contribution is -2.42. The van der Waals surface area contributed by atoms with Gasteiger partial charge in [-0.25, -0.2) is 0 Å². The minimum absolute atomic E-state index is 0.142. The number of amides is 1. The van der Waals surface area contributed by atoms with Gasteiger partial charge in [0, 0.05) is 11.4 Å². The van der Waals surface area contributed by atoms with Crippen LogP contribution in [0.4, 0.5) is 0 Å². The van der Waals surface area contributed by atoms with E-state index >= 15 is 0 Å². The maximum absolute atomic E-state index is 12.2. The van der Waals surface area contributed by atoms with Gasteiger partial charge < -0.3 is 10.4 Å². The van der Waals surface area contributed by atoms with Gasteiger partial charge in [-0.2, -0.15) is 11.3 Å². The molecule has 2 atom stereocenters. The Labute approximate surface area is 116 Å². The lowest BCUT2D eigenvalue weighted by Gasteiger charge is -2.22. The second kappa shape index (κ2) is 6.19. The molecule has 0 bridgehead atoms. The second-order valence-electron chi connectivity index (χ2n) is 5.13. The molecule has 0 aromatic carbocycles. The van der Waals surface area contributed by atoms with E-state index in [1.807, 2.05) is 17.7 Å². The van der Waals surface area contributed by atoms with Gasteiger partial charge in [-0.15, -0.1) is 0 Å². The van der Waals surface area contributed by atoms with Crippen molar-refractivity contribution < 1.29 is 14.7 Å². The van der Waals surface area contributed by atoms with E-state index in [1.165, 1.54) is 11.3 Å². The molecule has 2 N–H and O–H groups in total. The number of carbonyl (C=O) groups is 2. The predicted octanol–water partition coefficient (Wildman–Crippen LogP) is 2.82. The maximum Gasteiger partial charge on any atom is 0.308 e. The van der Waals surface area contributed by atoms with Gasteiger partial charge in [0.25, 0.3) is 5.91 Å². The molecule has 1 amide bonds. The molecule has 1 fully saturated rings. The lowest BCUT2D eigenvalue weighted by molar-refractivity contribution is -0.142. The van der Waals surface area contributed by atoms with E-state index in [1.54, 1.807) is 0 Å². The number of hydrogen-bond acceptors (Lipinski definition) is 3. The van der Waals surface area contributed by atoms with Crippen LogP contribution >= 0.6 is 11.3 Å². The second-order valence-corrected chi connectivity index (χ2v) is 5.87. The maximum atomic E-state index is 12.2. The first-order valence-electron chi connectivity index (χ1n) is 6.66. The van der Waals surface area contributed by atoms with Crippen LogP contribution in [0.25, 0.3) is 0 Å². The molecule has 104 valence electrons. The number of carbonyl (C=O) groups excluding carboxylic acids is 1. The van der Waals surface area contributed by atoms with E-state index in [0.717, 1.165) is 31.2 Å². The van der Waals surface area contributed by atoms with Crippen molar-refractivity contribution in [3.63, 3.8) is 0 Å². The summed E-state index contributed by atoms with van der Waals surface area (Å²) in [5.74, 6) is -1.39. The van der Waals surface area contributed by atoms with Crippen molar-refractivity contribution in [1.82, 2.24) is 5.32 Å². The Bertz CT molecular complexity index is 469. The van der Waals surface area contributed by atoms with Crippen molar-refractivity contribution >= 4 is 23.2 Å². The summed E-state index contributed by atoms with van der Waals surface area (Å²) >= 11 is 1.49. The van der Waals surface area contributed by atoms with Gasteiger partial charge in [0.2, 0.25) is 0 Å². The Morgan fingerprint density at radius 1 is 1.26 bits per heavy atom. The fourth-order valence-corrected chi connectivity index (χ4v) is 3.44. The van der Waals surface area contributed by atoms with Crippen molar-refractivity contribution in [3.05, 3.63) is 21.9 Å². The smallest absolute Gasteiger partial charge is 0.308 e. The van der Waals surface area contributed by atoms with Gasteiger partial charge in [-0.05, 0) is 30.7 Å². The zero-order chi connectivity index (χ0) is 13.8. The summed E-state index contributed by atoms with van der Waals surface area (Å²) in [6.07, 6.45) is 4.38. The van der Waals surface area contributed by atoms with E-state index in [2.05, 4.69) is 5.32 Å². The molecular formula is C14H19NO3S. The van der Waals surface area contributed by atoms with Gasteiger partial charge in [-0.1, -0.05) is 19.3 Å². The number of rotatable bonds is 3. The Balaban J connectivity index is 2.08. The highest BCUT2D eigenvalue weighted by Gasteiger charge is 2.31. The summed E-state index contributed by atoms with van der Waals surface area (Å²) in [5, 5.41) is 15.9. The van der Waals surface area contributed by atoms with Crippen molar-refractivity contribution in [2.75, 3.05) is 0 Å². The zero-order valence-corrected chi connectivity index (χ0v) is 11.8. The first kappa shape index (κ1) is 14.1. The van der Waals surface area contributed by atoms with Gasteiger partial charge in [0.05, 0.1) is 11.5 Å². The number of hydrogen-bond donors (Lipinski definition) is 2. The highest BCUT2D eigenvalue weighted by atomic mass is 32.1. The van der Waals surface area contributed by atoms with Crippen molar-refractivity contribution in [1.29, 1.82) is 0 Å². The van der Waals surface area contributed by atoms with E-state index in [-0.39, 0.29) is 11.9 Å². The summed E-state index contributed by atoms with van der Waals surface area (Å²) < 4.78 is 0. The highest BCUT2D eigenvalue weighted by molar-refractivity contribution is 7.08. The molecule has 0 unspecified atom stereocenters. The third kappa shape index (κ3) is 3.35. The number of carboxylic acid groups (broad SMARTS) is 1. The molecule has 1 heterocycles. The van der Waals surface area contributed by atoms with Gasteiger partial charge in [-0.3, -0.25) is 9.59 Å². The molecule has 4 nitrogen and oxygen atoms in total. The van der Waals surface area contributed by atoms with Crippen LogP contribution in [-0.2, 0) is 4.79 Å². The van der Waals surface area contributed by atoms with Gasteiger partial charge in [0.15, 0.2) is 0 Å². The van der Waals surface area contributed by atoms with E-state index < -0.39 is 11.9 Å². The Morgan fingerprint density at radius 2 is 2.00 bits per heavy atom. The summed E-state index contributed by atoms with van der Waals surface area (Å²) in [4.78, 5) is 23.5. The predicted molar refractivity (Wildman–Crippen MR) is 74.5 cm³/mol. The molecule has 5 heteroatoms. The molecule has 0 saturated heterocycles. The first-order chi connectivity index (χ1) is 9.09. The lowest BCUT2D eigenvalue weighted by atomic mass is 9.94. The van der Waals surface area contributed by atoms with Crippen LogP contribution in [0.5, 0.6) is 0 Å². The Morgan fingerprint density at radius 3 is 2.63 bits per heavy atom. The van der Waals surface area contributed by atoms with Crippen LogP contribution in [0.3, 0.4) is 0 Å². The van der Waals surface area contributed by atoms with Crippen LogP contribution < -0.4 is 5.32 Å². The normalized spacial score (nSPS) is 23.6. The van der Waals surface area contributed by atoms with Crippen LogP contribution in [-0.4, -0.2) is 23.0 Å². The summed E-state index contributed by atoms with van der Waals surface area (Å²) in [6, 6.07) is -0.244. The molecule has 0 aliphatic heterocycles. The first-order valence-corrected chi connectivity index (χ1v) is 7.60. The summed E-state index contributed by atoms with van der Waals surface area (Å²) in [5.41, 5.74) is 1.61. The minimum atomic E-state index is -0.797. The number of carboxylic acids is 1. The van der Waals surface area contributed by atoms with E-state index in [4.69, 9.17) is 0 Å². The van der Waals surface area contributed by atoms with Crippen LogP contribution in [0, 0.1) is 12.8 Å². The molecule has 19 heavy (non-hydrogen) atoms. The van der Waals surface area contributed by atoms with E-state index in [0.29, 0.717) is 12.0 Å². The van der Waals surface area contributed by atoms with Gasteiger partial charge in [0.1, 0.15) is 0 Å². The van der Waals surface area contributed by atoms with Crippen LogP contribution in [0.2, 0.25) is 0 Å². The fourth-order valence-electron chi connectivity index (χ4n) is 2.62. The molecule has 1 saturated carbocycles. The third-order valence-corrected chi connectivity index (χ3v) is 4.61. The molecule has 0 spiro atoms. The van der Waals surface area contributed by atoms with Crippen LogP contribution in [0.15, 0.2) is 10.8 Å². The molecule has 2 rings (SSSR count). The monoisotopic (exact) mass is 281 g/mol. The number of aliphatic carboxylic acids is 1. The van der Waals surface area contributed by atoms with Crippen molar-refractivity contribution in [3.8, 4) is 0 Å². The standard InChI is InChI=1S/C14H19NO3S/c1-9-7-19-8-11(9)13(16)15-12-6-4-2-3-5-10(12)14(17)18/h7-8,10,12H,2-6H2,1H3,(H,15,16)(H,17,18)/t10-,12+/m0/s1.